The van der Waals surface area contributed by atoms with Crippen LogP contribution in [-0.4, -0.2) is 76.3 Å². The van der Waals surface area contributed by atoms with Gasteiger partial charge in [-0.05, 0) is 49.4 Å². The smallest absolute Gasteiger partial charge is 0.322 e. The molecule has 5 rings (SSSR count). The highest BCUT2D eigenvalue weighted by Gasteiger charge is 2.75. The van der Waals surface area contributed by atoms with Crippen molar-refractivity contribution in [3.63, 3.8) is 0 Å². The first-order chi connectivity index (χ1) is 26.9. The average Bonchev–Trinajstić information content (AvgIpc) is 3.22. The second-order valence-electron chi connectivity index (χ2n) is 15.6. The molecule has 0 amide bonds. The summed E-state index contributed by atoms with van der Waals surface area (Å²) in [6.07, 6.45) is 25.2. The number of unbranched alkanes of at least 4 members (excludes halogenated alkanes) is 15. The zero-order valence-corrected chi connectivity index (χ0v) is 33.5. The number of methoxy groups -OCH3 is 2. The maximum absolute atomic E-state index is 15.5. The van der Waals surface area contributed by atoms with E-state index in [9.17, 15) is 9.59 Å². The monoisotopic (exact) mass is 753 g/mol. The van der Waals surface area contributed by atoms with Crippen molar-refractivity contribution in [2.75, 3.05) is 33.9 Å². The summed E-state index contributed by atoms with van der Waals surface area (Å²) < 4.78 is 11.1. The topological polar surface area (TPSA) is 115 Å². The number of pyridine rings is 3. The normalized spacial score (nSPS) is 22.7. The number of fused-ring (bicyclic) bond motifs is 2. The van der Waals surface area contributed by atoms with Crippen molar-refractivity contribution in [3.8, 4) is 0 Å². The number of rotatable bonds is 23. The Hall–Kier alpha value is -4.02. The predicted molar refractivity (Wildman–Crippen MR) is 214 cm³/mol. The number of Topliss-reactive ketones (excluding diaryl/α,β-unsaturated/α-hetero) is 1. The minimum atomic E-state index is -1.79. The molecule has 0 aliphatic carbocycles. The lowest BCUT2D eigenvalue weighted by Gasteiger charge is -2.61. The molecule has 2 saturated heterocycles. The molecule has 4 atom stereocenters. The minimum Gasteiger partial charge on any atom is -0.468 e. The van der Waals surface area contributed by atoms with Crippen molar-refractivity contribution < 1.29 is 23.9 Å². The van der Waals surface area contributed by atoms with Gasteiger partial charge in [-0.25, -0.2) is 0 Å². The molecule has 0 radical (unpaired) electrons. The molecule has 4 unspecified atom stereocenters. The van der Waals surface area contributed by atoms with Gasteiger partial charge in [0.2, 0.25) is 0 Å². The van der Waals surface area contributed by atoms with E-state index < -0.39 is 40.6 Å². The minimum absolute atomic E-state index is 0.0272. The van der Waals surface area contributed by atoms with Gasteiger partial charge in [0.15, 0.2) is 16.6 Å². The number of carbonyl (C=O) groups excluding carboxylic acids is 3. The number of piperidine rings is 2. The predicted octanol–water partition coefficient (Wildman–Crippen LogP) is 8.63. The summed E-state index contributed by atoms with van der Waals surface area (Å²) in [6, 6.07) is 15.1. The Kier molecular flexibility index (Phi) is 16.3. The summed E-state index contributed by atoms with van der Waals surface area (Å²) in [5.41, 5.74) is -1.69. The molecule has 5 heterocycles. The van der Waals surface area contributed by atoms with E-state index in [0.717, 1.165) is 25.0 Å². The standard InChI is InChI=1S/C45H63N5O5/c1-4-5-6-7-8-9-10-11-12-13-14-15-16-17-18-25-32-50-39(37-27-20-23-30-47-37)44(42(52)54-2)34-49(33-36-26-19-22-29-46-36)35-45(41(44)51,43(53)55-3)40(50)38-28-21-24-31-48-38/h19-24,26-31,39-40H,4-18,25,32-35H2,1-3H3. The van der Waals surface area contributed by atoms with Crippen molar-refractivity contribution in [1.29, 1.82) is 0 Å². The molecule has 0 spiro atoms. The molecular formula is C45H63N5O5. The lowest BCUT2D eigenvalue weighted by Crippen LogP contribution is -2.75. The molecule has 10 nitrogen and oxygen atoms in total. The fourth-order valence-electron chi connectivity index (χ4n) is 9.19. The number of ketones is 1. The van der Waals surface area contributed by atoms with Crippen LogP contribution in [0, 0.1) is 10.8 Å². The molecule has 2 bridgehead atoms. The molecule has 3 aromatic heterocycles. The Bertz CT molecular complexity index is 1530. The van der Waals surface area contributed by atoms with Gasteiger partial charge in [-0.2, -0.15) is 0 Å². The Balaban J connectivity index is 1.37. The third-order valence-electron chi connectivity index (χ3n) is 11.8. The van der Waals surface area contributed by atoms with Crippen molar-refractivity contribution in [2.24, 2.45) is 10.8 Å². The summed E-state index contributed by atoms with van der Waals surface area (Å²) >= 11 is 0. The van der Waals surface area contributed by atoms with Crippen LogP contribution in [0.3, 0.4) is 0 Å². The highest BCUT2D eigenvalue weighted by Crippen LogP contribution is 2.61. The van der Waals surface area contributed by atoms with Gasteiger partial charge >= 0.3 is 11.9 Å². The van der Waals surface area contributed by atoms with Gasteiger partial charge in [-0.15, -0.1) is 0 Å². The molecule has 298 valence electrons. The van der Waals surface area contributed by atoms with Crippen molar-refractivity contribution in [2.45, 2.75) is 128 Å². The van der Waals surface area contributed by atoms with E-state index in [2.05, 4.69) is 16.8 Å². The van der Waals surface area contributed by atoms with E-state index in [0.29, 0.717) is 24.5 Å². The van der Waals surface area contributed by atoms with Gasteiger partial charge in [0, 0.05) is 38.2 Å². The average molecular weight is 754 g/mol. The first kappa shape index (κ1) is 42.1. The molecule has 2 fully saturated rings. The van der Waals surface area contributed by atoms with E-state index >= 15 is 4.79 Å². The lowest BCUT2D eigenvalue weighted by molar-refractivity contribution is -0.206. The number of hydrogen-bond acceptors (Lipinski definition) is 10. The summed E-state index contributed by atoms with van der Waals surface area (Å²) in [4.78, 5) is 62.6. The van der Waals surface area contributed by atoms with Crippen LogP contribution in [0.2, 0.25) is 0 Å². The summed E-state index contributed by atoms with van der Waals surface area (Å²) in [5.74, 6) is -1.89. The summed E-state index contributed by atoms with van der Waals surface area (Å²) in [7, 11) is 2.62. The van der Waals surface area contributed by atoms with Crippen LogP contribution in [0.4, 0.5) is 0 Å². The maximum Gasteiger partial charge on any atom is 0.322 e. The van der Waals surface area contributed by atoms with Gasteiger partial charge in [0.1, 0.15) is 0 Å². The fraction of sp³-hybridized carbons (Fsp3) is 0.600. The third-order valence-corrected chi connectivity index (χ3v) is 11.8. The second-order valence-corrected chi connectivity index (χ2v) is 15.6. The fourth-order valence-corrected chi connectivity index (χ4v) is 9.19. The van der Waals surface area contributed by atoms with E-state index in [1.807, 2.05) is 59.5 Å². The molecule has 0 saturated carbocycles. The molecule has 0 aromatic carbocycles. The number of nitrogens with zero attached hydrogens (tertiary/aromatic N) is 5. The molecular weight excluding hydrogens is 691 g/mol. The van der Waals surface area contributed by atoms with Gasteiger partial charge < -0.3 is 9.47 Å². The Morgan fingerprint density at radius 3 is 1.42 bits per heavy atom. The summed E-state index contributed by atoms with van der Waals surface area (Å²) in [5, 5.41) is 0. The van der Waals surface area contributed by atoms with Gasteiger partial charge in [-0.3, -0.25) is 39.1 Å². The molecule has 0 N–H and O–H groups in total. The number of carbonyl (C=O) groups is 3. The van der Waals surface area contributed by atoms with Crippen LogP contribution in [-0.2, 0) is 30.4 Å². The van der Waals surface area contributed by atoms with Crippen LogP contribution in [0.5, 0.6) is 0 Å². The molecule has 2 aliphatic rings. The maximum atomic E-state index is 15.5. The second kappa shape index (κ2) is 21.3. The quantitative estimate of drug-likeness (QED) is 0.0530. The number of likely N-dealkylation sites (tertiary alicyclic amines) is 2. The third kappa shape index (κ3) is 9.87. The van der Waals surface area contributed by atoms with Crippen LogP contribution in [0.1, 0.15) is 139 Å². The molecule has 3 aromatic rings. The summed E-state index contributed by atoms with van der Waals surface area (Å²) in [6.45, 7) is 3.16. The molecule has 2 aliphatic heterocycles. The van der Waals surface area contributed by atoms with Gasteiger partial charge in [-0.1, -0.05) is 121 Å². The SMILES string of the molecule is CCCCCCCCCCCCCCCCCCN1C(c2ccccn2)C2(C(=O)OC)CN(Cc3ccccn3)CC(C(=O)OC)(C2=O)C1c1ccccn1. The first-order valence-electron chi connectivity index (χ1n) is 20.9. The Morgan fingerprint density at radius 1 is 0.618 bits per heavy atom. The molecule has 55 heavy (non-hydrogen) atoms. The Morgan fingerprint density at radius 2 is 1.04 bits per heavy atom. The lowest BCUT2D eigenvalue weighted by atomic mass is 9.54. The first-order valence-corrected chi connectivity index (χ1v) is 20.9. The molecule has 10 heteroatoms. The van der Waals surface area contributed by atoms with E-state index in [1.54, 1.807) is 18.6 Å². The van der Waals surface area contributed by atoms with Gasteiger partial charge in [0.25, 0.3) is 0 Å². The zero-order chi connectivity index (χ0) is 38.9. The Labute approximate surface area is 328 Å². The number of aromatic nitrogens is 3. The van der Waals surface area contributed by atoms with Crippen LogP contribution >= 0.6 is 0 Å². The number of hydrogen-bond donors (Lipinski definition) is 0. The zero-order valence-electron chi connectivity index (χ0n) is 33.5. The van der Waals surface area contributed by atoms with Gasteiger partial charge in [0.05, 0.1) is 43.4 Å². The van der Waals surface area contributed by atoms with Crippen molar-refractivity contribution in [1.82, 2.24) is 24.8 Å². The van der Waals surface area contributed by atoms with E-state index in [-0.39, 0.29) is 13.1 Å². The van der Waals surface area contributed by atoms with Crippen LogP contribution in [0.25, 0.3) is 0 Å². The van der Waals surface area contributed by atoms with Crippen molar-refractivity contribution in [3.05, 3.63) is 90.3 Å². The highest BCUT2D eigenvalue weighted by molar-refractivity contribution is 6.17. The number of ether oxygens (including phenoxy) is 2. The highest BCUT2D eigenvalue weighted by atomic mass is 16.5. The van der Waals surface area contributed by atoms with E-state index in [4.69, 9.17) is 19.4 Å². The largest absolute Gasteiger partial charge is 0.468 e. The van der Waals surface area contributed by atoms with Crippen LogP contribution < -0.4 is 0 Å². The number of esters is 2. The van der Waals surface area contributed by atoms with Crippen molar-refractivity contribution >= 4 is 17.7 Å². The van der Waals surface area contributed by atoms with Crippen LogP contribution in [0.15, 0.2) is 73.2 Å². The van der Waals surface area contributed by atoms with E-state index in [1.165, 1.54) is 97.7 Å².